The monoisotopic (exact) mass is 374 g/mol. The smallest absolute Gasteiger partial charge is 0.231 e. The minimum atomic E-state index is 0.333. The van der Waals surface area contributed by atoms with Crippen molar-refractivity contribution in [2.75, 3.05) is 13.1 Å². The molecule has 0 bridgehead atoms. The number of rotatable bonds is 4. The van der Waals surface area contributed by atoms with Crippen molar-refractivity contribution in [3.63, 3.8) is 0 Å². The number of halogens is 1. The van der Waals surface area contributed by atoms with Gasteiger partial charge in [-0.1, -0.05) is 11.6 Å². The third-order valence-corrected chi connectivity index (χ3v) is 5.92. The van der Waals surface area contributed by atoms with E-state index in [4.69, 9.17) is 26.3 Å². The molecule has 0 saturated carbocycles. The summed E-state index contributed by atoms with van der Waals surface area (Å²) in [6, 6.07) is 3.61. The van der Waals surface area contributed by atoms with Crippen LogP contribution in [0.15, 0.2) is 18.3 Å². The predicted octanol–water partition coefficient (Wildman–Crippen LogP) is 4.74. The van der Waals surface area contributed by atoms with Gasteiger partial charge in [-0.3, -0.25) is 4.90 Å². The maximum absolute atomic E-state index is 6.16. The van der Waals surface area contributed by atoms with E-state index in [-0.39, 0.29) is 0 Å². The van der Waals surface area contributed by atoms with Gasteiger partial charge in [-0.2, -0.15) is 4.98 Å². The topological polar surface area (TPSA) is 51.1 Å². The fourth-order valence-electron chi connectivity index (χ4n) is 3.09. The normalized spacial score (nSPS) is 15.2. The lowest BCUT2D eigenvalue weighted by Gasteiger charge is -2.14. The Morgan fingerprint density at radius 1 is 1.24 bits per heavy atom. The summed E-state index contributed by atoms with van der Waals surface area (Å²) in [6.45, 7) is 7.14. The lowest BCUT2D eigenvalue weighted by atomic mass is 10.2. The van der Waals surface area contributed by atoms with Gasteiger partial charge in [-0.15, -0.1) is 11.3 Å². The minimum absolute atomic E-state index is 0.333. The fourth-order valence-corrected chi connectivity index (χ4v) is 4.29. The van der Waals surface area contributed by atoms with E-state index in [2.05, 4.69) is 23.7 Å². The van der Waals surface area contributed by atoms with Crippen molar-refractivity contribution in [1.29, 1.82) is 0 Å². The number of ether oxygens (including phenoxy) is 1. The molecule has 4 heterocycles. The van der Waals surface area contributed by atoms with Crippen molar-refractivity contribution >= 4 is 33.2 Å². The summed E-state index contributed by atoms with van der Waals surface area (Å²) in [7, 11) is 0. The highest BCUT2D eigenvalue weighted by Crippen LogP contribution is 2.37. The second-order valence-electron chi connectivity index (χ2n) is 6.29. The van der Waals surface area contributed by atoms with Crippen LogP contribution in [0.2, 0.25) is 5.15 Å². The third-order valence-electron chi connectivity index (χ3n) is 4.54. The molecule has 0 aliphatic carbocycles. The Labute approximate surface area is 155 Å². The molecular weight excluding hydrogens is 356 g/mol. The molecule has 3 aromatic rings. The van der Waals surface area contributed by atoms with Gasteiger partial charge >= 0.3 is 0 Å². The predicted molar refractivity (Wildman–Crippen MR) is 101 cm³/mol. The number of likely N-dealkylation sites (tertiary alicyclic amines) is 1. The van der Waals surface area contributed by atoms with Gasteiger partial charge in [0.1, 0.15) is 10.7 Å². The van der Waals surface area contributed by atoms with E-state index in [1.54, 1.807) is 29.7 Å². The van der Waals surface area contributed by atoms with Crippen molar-refractivity contribution < 1.29 is 4.74 Å². The van der Waals surface area contributed by atoms with Crippen LogP contribution >= 0.6 is 22.9 Å². The van der Waals surface area contributed by atoms with Crippen LogP contribution in [0.5, 0.6) is 11.6 Å². The largest absolute Gasteiger partial charge is 0.435 e. The molecule has 4 rings (SSSR count). The van der Waals surface area contributed by atoms with Gasteiger partial charge in [0.15, 0.2) is 10.9 Å². The molecule has 7 heteroatoms. The molecule has 1 saturated heterocycles. The van der Waals surface area contributed by atoms with Gasteiger partial charge in [-0.25, -0.2) is 9.97 Å². The van der Waals surface area contributed by atoms with Gasteiger partial charge < -0.3 is 4.74 Å². The van der Waals surface area contributed by atoms with Crippen LogP contribution in [-0.2, 0) is 6.54 Å². The zero-order valence-corrected chi connectivity index (χ0v) is 15.8. The molecule has 1 aliphatic rings. The average Bonchev–Trinajstić information content (AvgIpc) is 3.18. The molecule has 0 spiro atoms. The molecule has 0 radical (unpaired) electrons. The van der Waals surface area contributed by atoms with Crippen LogP contribution in [0, 0.1) is 13.8 Å². The zero-order valence-electron chi connectivity index (χ0n) is 14.3. The first-order valence-electron chi connectivity index (χ1n) is 8.39. The van der Waals surface area contributed by atoms with Crippen LogP contribution in [0.4, 0.5) is 0 Å². The zero-order chi connectivity index (χ0) is 17.4. The molecule has 0 unspecified atom stereocenters. The van der Waals surface area contributed by atoms with Crippen LogP contribution < -0.4 is 4.74 Å². The number of nitrogens with zero attached hydrogens (tertiary/aromatic N) is 4. The highest BCUT2D eigenvalue weighted by molar-refractivity contribution is 7.18. The van der Waals surface area contributed by atoms with Gasteiger partial charge in [0.05, 0.1) is 11.9 Å². The molecule has 1 aliphatic heterocycles. The maximum Gasteiger partial charge on any atom is 0.231 e. The van der Waals surface area contributed by atoms with Crippen LogP contribution in [-0.4, -0.2) is 32.9 Å². The number of fused-ring (bicyclic) bond motifs is 1. The average molecular weight is 375 g/mol. The van der Waals surface area contributed by atoms with Gasteiger partial charge in [-0.05, 0) is 57.5 Å². The van der Waals surface area contributed by atoms with E-state index in [9.17, 15) is 0 Å². The molecule has 1 fully saturated rings. The molecule has 5 nitrogen and oxygen atoms in total. The summed E-state index contributed by atoms with van der Waals surface area (Å²) in [4.78, 5) is 18.2. The maximum atomic E-state index is 6.16. The van der Waals surface area contributed by atoms with Gasteiger partial charge in [0, 0.05) is 11.1 Å². The van der Waals surface area contributed by atoms with Gasteiger partial charge in [0.2, 0.25) is 5.88 Å². The Bertz CT molecular complexity index is 921. The summed E-state index contributed by atoms with van der Waals surface area (Å²) in [5.74, 6) is 1.88. The molecule has 0 N–H and O–H groups in total. The summed E-state index contributed by atoms with van der Waals surface area (Å²) in [5.41, 5.74) is 1.16. The summed E-state index contributed by atoms with van der Waals surface area (Å²) >= 11 is 7.84. The molecule has 0 aromatic carbocycles. The van der Waals surface area contributed by atoms with E-state index in [1.165, 1.54) is 17.7 Å². The second-order valence-corrected chi connectivity index (χ2v) is 7.85. The number of pyridine rings is 1. The highest BCUT2D eigenvalue weighted by Gasteiger charge is 2.19. The quantitative estimate of drug-likeness (QED) is 0.617. The number of thiophene rings is 1. The standard InChI is InChI=1S/C18H19ClN4OS/c1-11-12(2)25-18-15(11)17(24-13-6-5-7-20-16(13)19)21-14(22-18)10-23-8-3-4-9-23/h5-7H,3-4,8-10H2,1-2H3. The number of hydrogen-bond acceptors (Lipinski definition) is 6. The van der Waals surface area contributed by atoms with Crippen LogP contribution in [0.1, 0.15) is 29.1 Å². The number of hydrogen-bond donors (Lipinski definition) is 0. The lowest BCUT2D eigenvalue weighted by molar-refractivity contribution is 0.321. The minimum Gasteiger partial charge on any atom is -0.435 e. The Hall–Kier alpha value is -1.76. The molecule has 0 amide bonds. The van der Waals surface area contributed by atoms with Crippen LogP contribution in [0.25, 0.3) is 10.2 Å². The first-order valence-corrected chi connectivity index (χ1v) is 9.58. The molecular formula is C18H19ClN4OS. The fraction of sp³-hybridized carbons (Fsp3) is 0.389. The second kappa shape index (κ2) is 6.86. The SMILES string of the molecule is Cc1sc2nc(CN3CCCC3)nc(Oc3cccnc3Cl)c2c1C. The summed E-state index contributed by atoms with van der Waals surface area (Å²) in [5, 5.41) is 1.30. The van der Waals surface area contributed by atoms with E-state index in [1.807, 2.05) is 0 Å². The molecule has 0 atom stereocenters. The number of aryl methyl sites for hydroxylation is 2. The van der Waals surface area contributed by atoms with Crippen LogP contribution in [0.3, 0.4) is 0 Å². The van der Waals surface area contributed by atoms with E-state index >= 15 is 0 Å². The summed E-state index contributed by atoms with van der Waals surface area (Å²) < 4.78 is 6.06. The first-order chi connectivity index (χ1) is 12.1. The van der Waals surface area contributed by atoms with Crippen molar-refractivity contribution in [3.05, 3.63) is 39.7 Å². The van der Waals surface area contributed by atoms with Gasteiger partial charge in [0.25, 0.3) is 0 Å². The molecule has 3 aromatic heterocycles. The van der Waals surface area contributed by atoms with Crippen molar-refractivity contribution in [3.8, 4) is 11.6 Å². The van der Waals surface area contributed by atoms with E-state index in [0.717, 1.165) is 41.2 Å². The van der Waals surface area contributed by atoms with E-state index in [0.29, 0.717) is 16.8 Å². The van der Waals surface area contributed by atoms with Crippen molar-refractivity contribution in [2.24, 2.45) is 0 Å². The van der Waals surface area contributed by atoms with Crippen molar-refractivity contribution in [2.45, 2.75) is 33.2 Å². The first kappa shape index (κ1) is 16.7. The Balaban J connectivity index is 1.77. The Kier molecular flexibility index (Phi) is 4.58. The highest BCUT2D eigenvalue weighted by atomic mass is 35.5. The number of aromatic nitrogens is 3. The van der Waals surface area contributed by atoms with E-state index < -0.39 is 0 Å². The third kappa shape index (κ3) is 3.34. The molecule has 25 heavy (non-hydrogen) atoms. The lowest BCUT2D eigenvalue weighted by Crippen LogP contribution is -2.20. The Morgan fingerprint density at radius 3 is 2.80 bits per heavy atom. The summed E-state index contributed by atoms with van der Waals surface area (Å²) in [6.07, 6.45) is 4.13. The Morgan fingerprint density at radius 2 is 2.04 bits per heavy atom. The van der Waals surface area contributed by atoms with Crippen molar-refractivity contribution in [1.82, 2.24) is 19.9 Å². The molecule has 130 valence electrons.